The molecule has 0 radical (unpaired) electrons. The maximum atomic E-state index is 12.2. The zero-order valence-corrected chi connectivity index (χ0v) is 12.9. The van der Waals surface area contributed by atoms with E-state index in [4.69, 9.17) is 4.74 Å². The number of nitrogens with zero attached hydrogens (tertiary/aromatic N) is 1. The highest BCUT2D eigenvalue weighted by Crippen LogP contribution is 2.31. The summed E-state index contributed by atoms with van der Waals surface area (Å²) < 4.78 is 5.79. The van der Waals surface area contributed by atoms with Crippen molar-refractivity contribution in [1.29, 1.82) is 0 Å². The summed E-state index contributed by atoms with van der Waals surface area (Å²) in [6, 6.07) is 8.20. The van der Waals surface area contributed by atoms with Crippen LogP contribution in [-0.4, -0.2) is 30.5 Å². The molecule has 0 bridgehead atoms. The quantitative estimate of drug-likeness (QED) is 0.830. The van der Waals surface area contributed by atoms with E-state index in [2.05, 4.69) is 24.0 Å². The van der Waals surface area contributed by atoms with E-state index in [1.165, 1.54) is 12.0 Å². The number of benzene rings is 1. The largest absolute Gasteiger partial charge is 0.494 e. The molecule has 1 aliphatic carbocycles. The predicted octanol–water partition coefficient (Wildman–Crippen LogP) is 3.41. The minimum atomic E-state index is 0.340. The van der Waals surface area contributed by atoms with Gasteiger partial charge in [-0.2, -0.15) is 0 Å². The van der Waals surface area contributed by atoms with E-state index in [0.29, 0.717) is 17.7 Å². The molecule has 114 valence electrons. The van der Waals surface area contributed by atoms with E-state index in [-0.39, 0.29) is 0 Å². The average molecular weight is 287 g/mol. The highest BCUT2D eigenvalue weighted by Gasteiger charge is 2.33. The molecule has 3 heteroatoms. The molecule has 1 saturated heterocycles. The van der Waals surface area contributed by atoms with Crippen LogP contribution in [0.1, 0.15) is 37.7 Å². The number of likely N-dealkylation sites (tertiary alicyclic amines) is 1. The lowest BCUT2D eigenvalue weighted by molar-refractivity contribution is -0.137. The van der Waals surface area contributed by atoms with Gasteiger partial charge in [0.15, 0.2) is 0 Å². The van der Waals surface area contributed by atoms with E-state index < -0.39 is 0 Å². The molecular weight excluding hydrogens is 262 g/mol. The summed E-state index contributed by atoms with van der Waals surface area (Å²) in [6.07, 6.45) is 5.63. The Balaban J connectivity index is 1.38. The highest BCUT2D eigenvalue weighted by molar-refractivity contribution is 5.79. The first kappa shape index (κ1) is 14.4. The van der Waals surface area contributed by atoms with Crippen molar-refractivity contribution < 1.29 is 9.53 Å². The van der Waals surface area contributed by atoms with Crippen LogP contribution in [0, 0.1) is 18.8 Å². The lowest BCUT2D eigenvalue weighted by Gasteiger charge is -2.29. The van der Waals surface area contributed by atoms with Crippen LogP contribution in [0.25, 0.3) is 0 Å². The molecule has 2 fully saturated rings. The number of hydrogen-bond acceptors (Lipinski definition) is 2. The average Bonchev–Trinajstić information content (AvgIpc) is 2.88. The Labute approximate surface area is 127 Å². The fraction of sp³-hybridized carbons (Fsp3) is 0.611. The molecule has 2 aliphatic rings. The van der Waals surface area contributed by atoms with Crippen molar-refractivity contribution in [3.05, 3.63) is 29.8 Å². The van der Waals surface area contributed by atoms with Crippen molar-refractivity contribution >= 4 is 5.91 Å². The van der Waals surface area contributed by atoms with Crippen LogP contribution in [0.4, 0.5) is 0 Å². The molecule has 1 atom stereocenters. The maximum absolute atomic E-state index is 12.2. The molecule has 0 aromatic heterocycles. The number of carbonyl (C=O) groups is 1. The molecule has 1 unspecified atom stereocenters. The lowest BCUT2D eigenvalue weighted by atomic mass is 9.84. The van der Waals surface area contributed by atoms with Gasteiger partial charge < -0.3 is 9.64 Å². The van der Waals surface area contributed by atoms with Gasteiger partial charge in [-0.1, -0.05) is 24.1 Å². The second-order valence-electron chi connectivity index (χ2n) is 6.52. The maximum Gasteiger partial charge on any atom is 0.225 e. The molecule has 3 nitrogen and oxygen atoms in total. The van der Waals surface area contributed by atoms with Crippen molar-refractivity contribution in [2.24, 2.45) is 11.8 Å². The van der Waals surface area contributed by atoms with Gasteiger partial charge in [-0.15, -0.1) is 0 Å². The van der Waals surface area contributed by atoms with Crippen LogP contribution in [0.15, 0.2) is 24.3 Å². The molecule has 1 heterocycles. The summed E-state index contributed by atoms with van der Waals surface area (Å²) in [4.78, 5) is 14.3. The van der Waals surface area contributed by atoms with Crippen molar-refractivity contribution in [1.82, 2.24) is 4.90 Å². The Hall–Kier alpha value is -1.51. The summed E-state index contributed by atoms with van der Waals surface area (Å²) in [7, 11) is 0. The first-order valence-electron chi connectivity index (χ1n) is 8.20. The standard InChI is InChI=1S/C18H25NO2/c1-14-5-7-17(8-6-14)21-12-10-15-9-11-19(13-15)18(20)16-3-2-4-16/h5-8,15-16H,2-4,9-13H2,1H3. The van der Waals surface area contributed by atoms with Crippen LogP contribution < -0.4 is 4.74 Å². The fourth-order valence-electron chi connectivity index (χ4n) is 3.16. The summed E-state index contributed by atoms with van der Waals surface area (Å²) in [6.45, 7) is 4.71. The zero-order chi connectivity index (χ0) is 14.7. The molecule has 21 heavy (non-hydrogen) atoms. The molecule has 0 N–H and O–H groups in total. The molecule has 1 saturated carbocycles. The van der Waals surface area contributed by atoms with E-state index in [0.717, 1.165) is 51.1 Å². The smallest absolute Gasteiger partial charge is 0.225 e. The van der Waals surface area contributed by atoms with E-state index in [1.807, 2.05) is 12.1 Å². The van der Waals surface area contributed by atoms with Crippen LogP contribution in [0.3, 0.4) is 0 Å². The van der Waals surface area contributed by atoms with Gasteiger partial charge in [-0.05, 0) is 50.7 Å². The van der Waals surface area contributed by atoms with Crippen LogP contribution in [-0.2, 0) is 4.79 Å². The molecule has 1 aliphatic heterocycles. The SMILES string of the molecule is Cc1ccc(OCCC2CCN(C(=O)C3CCC3)C2)cc1. The van der Waals surface area contributed by atoms with Crippen LogP contribution in [0.5, 0.6) is 5.75 Å². The molecule has 3 rings (SSSR count). The van der Waals surface area contributed by atoms with Crippen molar-refractivity contribution in [3.8, 4) is 5.75 Å². The fourth-order valence-corrected chi connectivity index (χ4v) is 3.16. The van der Waals surface area contributed by atoms with Gasteiger partial charge in [0.25, 0.3) is 0 Å². The lowest BCUT2D eigenvalue weighted by Crippen LogP contribution is -2.37. The van der Waals surface area contributed by atoms with Gasteiger partial charge in [0, 0.05) is 19.0 Å². The first-order valence-corrected chi connectivity index (χ1v) is 8.20. The van der Waals surface area contributed by atoms with Gasteiger partial charge in [0.2, 0.25) is 5.91 Å². The summed E-state index contributed by atoms with van der Waals surface area (Å²) >= 11 is 0. The Morgan fingerprint density at radius 2 is 2.00 bits per heavy atom. The number of amides is 1. The second kappa shape index (κ2) is 6.50. The van der Waals surface area contributed by atoms with Crippen LogP contribution >= 0.6 is 0 Å². The van der Waals surface area contributed by atoms with Gasteiger partial charge in [0.05, 0.1) is 6.61 Å². The Morgan fingerprint density at radius 1 is 1.24 bits per heavy atom. The van der Waals surface area contributed by atoms with Gasteiger partial charge in [0.1, 0.15) is 5.75 Å². The number of aryl methyl sites for hydroxylation is 1. The minimum absolute atomic E-state index is 0.340. The Morgan fingerprint density at radius 3 is 2.67 bits per heavy atom. The van der Waals surface area contributed by atoms with Crippen molar-refractivity contribution in [2.75, 3.05) is 19.7 Å². The molecule has 1 aromatic carbocycles. The molecule has 1 aromatic rings. The summed E-state index contributed by atoms with van der Waals surface area (Å²) in [5, 5.41) is 0. The number of rotatable bonds is 5. The van der Waals surface area contributed by atoms with Crippen molar-refractivity contribution in [2.45, 2.75) is 39.0 Å². The van der Waals surface area contributed by atoms with E-state index in [9.17, 15) is 4.79 Å². The third kappa shape index (κ3) is 3.58. The predicted molar refractivity (Wildman–Crippen MR) is 83.3 cm³/mol. The molecule has 0 spiro atoms. The second-order valence-corrected chi connectivity index (χ2v) is 6.52. The van der Waals surface area contributed by atoms with E-state index in [1.54, 1.807) is 0 Å². The van der Waals surface area contributed by atoms with Gasteiger partial charge in [-0.25, -0.2) is 0 Å². The third-order valence-corrected chi connectivity index (χ3v) is 4.87. The van der Waals surface area contributed by atoms with Gasteiger partial charge >= 0.3 is 0 Å². The molecular formula is C18H25NO2. The normalized spacial score (nSPS) is 22.1. The van der Waals surface area contributed by atoms with Gasteiger partial charge in [-0.3, -0.25) is 4.79 Å². The van der Waals surface area contributed by atoms with E-state index >= 15 is 0 Å². The minimum Gasteiger partial charge on any atom is -0.494 e. The monoisotopic (exact) mass is 287 g/mol. The number of carbonyl (C=O) groups excluding carboxylic acids is 1. The molecule has 1 amide bonds. The van der Waals surface area contributed by atoms with Crippen molar-refractivity contribution in [3.63, 3.8) is 0 Å². The Kier molecular flexibility index (Phi) is 4.47. The first-order chi connectivity index (χ1) is 10.2. The number of ether oxygens (including phenoxy) is 1. The Bertz CT molecular complexity index is 478. The summed E-state index contributed by atoms with van der Waals surface area (Å²) in [5.74, 6) is 2.30. The number of hydrogen-bond donors (Lipinski definition) is 0. The third-order valence-electron chi connectivity index (χ3n) is 4.87. The summed E-state index contributed by atoms with van der Waals surface area (Å²) in [5.41, 5.74) is 1.25. The van der Waals surface area contributed by atoms with Crippen LogP contribution in [0.2, 0.25) is 0 Å². The zero-order valence-electron chi connectivity index (χ0n) is 12.9. The highest BCUT2D eigenvalue weighted by atomic mass is 16.5. The topological polar surface area (TPSA) is 29.5 Å².